The summed E-state index contributed by atoms with van der Waals surface area (Å²) in [5.74, 6) is 3.00. The fourth-order valence-electron chi connectivity index (χ4n) is 3.57. The third-order valence-electron chi connectivity index (χ3n) is 5.36. The number of fused-ring (bicyclic) bond motifs is 1. The van der Waals surface area contributed by atoms with E-state index in [9.17, 15) is 4.21 Å². The van der Waals surface area contributed by atoms with E-state index in [4.69, 9.17) is 10.7 Å². The number of benzene rings is 1. The molecule has 0 spiro atoms. The van der Waals surface area contributed by atoms with Crippen LogP contribution < -0.4 is 5.73 Å². The average Bonchev–Trinajstić information content (AvgIpc) is 3.41. The molecule has 5 nitrogen and oxygen atoms in total. The number of hydrogen-bond donors (Lipinski definition) is 1. The number of nitrogens with zero attached hydrogens (tertiary/aromatic N) is 3. The lowest BCUT2D eigenvalue weighted by Gasteiger charge is -2.12. The highest BCUT2D eigenvalue weighted by Gasteiger charge is 2.26. The van der Waals surface area contributed by atoms with Gasteiger partial charge in [-0.1, -0.05) is 18.2 Å². The smallest absolute Gasteiger partial charge is 0.151 e. The Morgan fingerprint density at radius 2 is 1.93 bits per heavy atom. The zero-order valence-electron chi connectivity index (χ0n) is 15.9. The molecule has 1 aliphatic carbocycles. The van der Waals surface area contributed by atoms with Gasteiger partial charge in [0.2, 0.25) is 0 Å². The number of hydrogen-bond acceptors (Lipinski definition) is 4. The predicted octanol–water partition coefficient (Wildman–Crippen LogP) is 3.78. The standard InChI is InChI=1S/C21H26N4OS/c1-14-15(2)23-21(22)19-20(14)25(18(24-19)13-16-9-10-16)11-6-12-27(26)17-7-4-3-5-8-17/h3-5,7-8,16H,6,9-13H2,1-2H3,(H2,22,23). The van der Waals surface area contributed by atoms with Crippen LogP contribution in [0.25, 0.3) is 11.0 Å². The number of nitrogens with two attached hydrogens (primary N) is 1. The SMILES string of the molecule is Cc1nc(N)c2nc(CC3CC3)n(CCCS(=O)c3ccccc3)c2c1C. The Morgan fingerprint density at radius 3 is 2.63 bits per heavy atom. The van der Waals surface area contributed by atoms with Crippen LogP contribution >= 0.6 is 0 Å². The quantitative estimate of drug-likeness (QED) is 0.675. The van der Waals surface area contributed by atoms with Gasteiger partial charge in [0.05, 0.1) is 16.3 Å². The molecule has 6 heteroatoms. The molecule has 0 amide bonds. The maximum Gasteiger partial charge on any atom is 0.151 e. The molecule has 0 bridgehead atoms. The molecular formula is C21H26N4OS. The van der Waals surface area contributed by atoms with E-state index < -0.39 is 10.8 Å². The molecule has 142 valence electrons. The summed E-state index contributed by atoms with van der Waals surface area (Å²) >= 11 is 0. The average molecular weight is 383 g/mol. The van der Waals surface area contributed by atoms with Crippen molar-refractivity contribution in [3.05, 3.63) is 47.4 Å². The van der Waals surface area contributed by atoms with Gasteiger partial charge in [-0.05, 0) is 56.7 Å². The van der Waals surface area contributed by atoms with E-state index in [0.717, 1.165) is 58.3 Å². The van der Waals surface area contributed by atoms with Gasteiger partial charge in [-0.15, -0.1) is 0 Å². The van der Waals surface area contributed by atoms with Crippen LogP contribution in [0.5, 0.6) is 0 Å². The van der Waals surface area contributed by atoms with E-state index in [2.05, 4.69) is 16.5 Å². The van der Waals surface area contributed by atoms with Crippen molar-refractivity contribution in [1.29, 1.82) is 0 Å². The highest BCUT2D eigenvalue weighted by atomic mass is 32.2. The number of anilines is 1. The fourth-order valence-corrected chi connectivity index (χ4v) is 4.66. The zero-order valence-corrected chi connectivity index (χ0v) is 16.8. The van der Waals surface area contributed by atoms with Crippen LogP contribution in [0.4, 0.5) is 5.82 Å². The first-order valence-electron chi connectivity index (χ1n) is 9.59. The number of nitrogen functional groups attached to an aromatic ring is 1. The fraction of sp³-hybridized carbons (Fsp3) is 0.429. The molecule has 2 aromatic heterocycles. The van der Waals surface area contributed by atoms with Crippen molar-refractivity contribution >= 4 is 27.7 Å². The molecule has 1 saturated carbocycles. The zero-order chi connectivity index (χ0) is 19.0. The van der Waals surface area contributed by atoms with Gasteiger partial charge in [-0.2, -0.15) is 0 Å². The molecule has 3 aromatic rings. The van der Waals surface area contributed by atoms with Gasteiger partial charge in [0, 0.05) is 29.3 Å². The minimum atomic E-state index is -0.969. The molecule has 0 aliphatic heterocycles. The number of imidazole rings is 1. The minimum absolute atomic E-state index is 0.511. The maximum atomic E-state index is 12.5. The van der Waals surface area contributed by atoms with Crippen LogP contribution in [-0.4, -0.2) is 24.5 Å². The second-order valence-electron chi connectivity index (χ2n) is 7.45. The summed E-state index contributed by atoms with van der Waals surface area (Å²) in [6.07, 6.45) is 4.40. The molecule has 1 aliphatic rings. The number of rotatable bonds is 7. The van der Waals surface area contributed by atoms with Crippen molar-refractivity contribution < 1.29 is 4.21 Å². The second kappa shape index (κ2) is 7.43. The Kier molecular flexibility index (Phi) is 5.00. The van der Waals surface area contributed by atoms with Gasteiger partial charge in [0.25, 0.3) is 0 Å². The molecule has 27 heavy (non-hydrogen) atoms. The normalized spacial score (nSPS) is 15.3. The van der Waals surface area contributed by atoms with Crippen molar-refractivity contribution in [3.63, 3.8) is 0 Å². The number of aryl methyl sites for hydroxylation is 3. The summed E-state index contributed by atoms with van der Waals surface area (Å²) < 4.78 is 14.8. The van der Waals surface area contributed by atoms with Crippen LogP contribution in [0.15, 0.2) is 35.2 Å². The Morgan fingerprint density at radius 1 is 1.19 bits per heavy atom. The van der Waals surface area contributed by atoms with Crippen molar-refractivity contribution in [2.24, 2.45) is 5.92 Å². The number of aromatic nitrogens is 3. The summed E-state index contributed by atoms with van der Waals surface area (Å²) in [6, 6.07) is 9.69. The molecule has 0 saturated heterocycles. The van der Waals surface area contributed by atoms with E-state index in [1.165, 1.54) is 12.8 Å². The lowest BCUT2D eigenvalue weighted by atomic mass is 10.2. The first kappa shape index (κ1) is 18.2. The highest BCUT2D eigenvalue weighted by molar-refractivity contribution is 7.85. The van der Waals surface area contributed by atoms with Crippen LogP contribution in [0, 0.1) is 19.8 Å². The van der Waals surface area contributed by atoms with E-state index in [0.29, 0.717) is 11.6 Å². The van der Waals surface area contributed by atoms with E-state index in [1.54, 1.807) is 0 Å². The van der Waals surface area contributed by atoms with Gasteiger partial charge in [-0.3, -0.25) is 4.21 Å². The van der Waals surface area contributed by atoms with Gasteiger partial charge < -0.3 is 10.3 Å². The van der Waals surface area contributed by atoms with Crippen LogP contribution in [0.3, 0.4) is 0 Å². The first-order valence-corrected chi connectivity index (χ1v) is 10.9. The molecule has 1 aromatic carbocycles. The van der Waals surface area contributed by atoms with E-state index in [1.807, 2.05) is 37.3 Å². The molecule has 2 heterocycles. The Labute approximate surface area is 162 Å². The molecule has 2 N–H and O–H groups in total. The summed E-state index contributed by atoms with van der Waals surface area (Å²) in [7, 11) is -0.969. The van der Waals surface area contributed by atoms with E-state index in [-0.39, 0.29) is 0 Å². The topological polar surface area (TPSA) is 73.8 Å². The third-order valence-corrected chi connectivity index (χ3v) is 6.82. The minimum Gasteiger partial charge on any atom is -0.382 e. The molecule has 1 atom stereocenters. The monoisotopic (exact) mass is 382 g/mol. The Balaban J connectivity index is 1.60. The van der Waals surface area contributed by atoms with Crippen molar-refractivity contribution in [2.45, 2.75) is 51.0 Å². The first-order chi connectivity index (χ1) is 13.0. The number of pyridine rings is 1. The largest absolute Gasteiger partial charge is 0.382 e. The molecule has 1 fully saturated rings. The highest BCUT2D eigenvalue weighted by Crippen LogP contribution is 2.34. The molecule has 4 rings (SSSR count). The second-order valence-corrected chi connectivity index (χ2v) is 9.02. The van der Waals surface area contributed by atoms with E-state index >= 15 is 0 Å². The Hall–Kier alpha value is -2.21. The lowest BCUT2D eigenvalue weighted by molar-refractivity contribution is 0.627. The third kappa shape index (κ3) is 3.76. The Bertz CT molecular complexity index is 993. The van der Waals surface area contributed by atoms with Crippen molar-refractivity contribution in [1.82, 2.24) is 14.5 Å². The van der Waals surface area contributed by atoms with Crippen LogP contribution in [0.2, 0.25) is 0 Å². The summed E-state index contributed by atoms with van der Waals surface area (Å²) in [4.78, 5) is 10.2. The van der Waals surface area contributed by atoms with Crippen LogP contribution in [-0.2, 0) is 23.8 Å². The maximum absolute atomic E-state index is 12.5. The van der Waals surface area contributed by atoms with Crippen molar-refractivity contribution in [3.8, 4) is 0 Å². The van der Waals surface area contributed by atoms with Crippen molar-refractivity contribution in [2.75, 3.05) is 11.5 Å². The van der Waals surface area contributed by atoms with Gasteiger partial charge in [-0.25, -0.2) is 9.97 Å². The molecular weight excluding hydrogens is 356 g/mol. The summed E-state index contributed by atoms with van der Waals surface area (Å²) in [5.41, 5.74) is 10.2. The molecule has 0 radical (unpaired) electrons. The predicted molar refractivity (Wildman–Crippen MR) is 110 cm³/mol. The van der Waals surface area contributed by atoms with Gasteiger partial charge >= 0.3 is 0 Å². The van der Waals surface area contributed by atoms with Crippen LogP contribution in [0.1, 0.15) is 36.3 Å². The van der Waals surface area contributed by atoms with Gasteiger partial charge in [0.15, 0.2) is 5.82 Å². The van der Waals surface area contributed by atoms with Gasteiger partial charge in [0.1, 0.15) is 11.3 Å². The summed E-state index contributed by atoms with van der Waals surface area (Å²) in [5, 5.41) is 0. The lowest BCUT2D eigenvalue weighted by Crippen LogP contribution is -2.09. The molecule has 1 unspecified atom stereocenters. The summed E-state index contributed by atoms with van der Waals surface area (Å²) in [6.45, 7) is 4.89.